The highest BCUT2D eigenvalue weighted by atomic mass is 32.1. The first-order valence-electron chi connectivity index (χ1n) is 9.41. The van der Waals surface area contributed by atoms with Crippen LogP contribution in [-0.4, -0.2) is 57.2 Å². The number of rotatable bonds is 7. The van der Waals surface area contributed by atoms with Crippen LogP contribution in [-0.2, 0) is 0 Å². The third-order valence-electron chi connectivity index (χ3n) is 4.77. The third-order valence-corrected chi connectivity index (χ3v) is 5.86. The summed E-state index contributed by atoms with van der Waals surface area (Å²) in [5.74, 6) is 1.33. The number of methoxy groups -OCH3 is 2. The molecule has 2 aromatic carbocycles. The number of benzene rings is 2. The molecule has 1 aromatic heterocycles. The number of nitrogens with zero attached hydrogens (tertiary/aromatic N) is 3. The molecule has 0 atom stereocenters. The van der Waals surface area contributed by atoms with Crippen LogP contribution in [0.3, 0.4) is 0 Å². The summed E-state index contributed by atoms with van der Waals surface area (Å²) in [5, 5.41) is 0.635. The molecule has 0 unspecified atom stereocenters. The Balaban J connectivity index is 2.11. The van der Waals surface area contributed by atoms with Crippen molar-refractivity contribution >= 4 is 32.6 Å². The zero-order chi connectivity index (χ0) is 21.1. The molecule has 1 amide bonds. The first kappa shape index (κ1) is 21.1. The van der Waals surface area contributed by atoms with E-state index in [0.717, 1.165) is 28.1 Å². The number of hydrogen-bond acceptors (Lipinski definition) is 6. The lowest BCUT2D eigenvalue weighted by molar-refractivity contribution is 0.0984. The number of likely N-dealkylation sites (N-methyl/N-ethyl adjacent to an activating group) is 1. The number of anilines is 1. The monoisotopic (exact) mass is 413 g/mol. The van der Waals surface area contributed by atoms with E-state index in [4.69, 9.17) is 14.5 Å². The predicted octanol–water partition coefficient (Wildman–Crippen LogP) is 4.14. The number of aryl methyl sites for hydroxylation is 2. The van der Waals surface area contributed by atoms with Gasteiger partial charge in [-0.25, -0.2) is 4.98 Å². The average Bonchev–Trinajstić information content (AvgIpc) is 3.13. The third kappa shape index (κ3) is 4.36. The number of carbonyl (C=O) groups excluding carboxylic acids is 1. The smallest absolute Gasteiger partial charge is 0.260 e. The minimum atomic E-state index is -0.0509. The molecule has 6 nitrogen and oxygen atoms in total. The van der Waals surface area contributed by atoms with Crippen LogP contribution in [0.2, 0.25) is 0 Å². The Kier molecular flexibility index (Phi) is 6.39. The number of amides is 1. The van der Waals surface area contributed by atoms with Gasteiger partial charge in [0.1, 0.15) is 21.7 Å². The standard InChI is InChI=1S/C22H27N3O3S/c1-14-7-8-15(2)16(13-14)21(26)25(12-11-24(3)4)22-23-19-17(27-5)9-10-18(28-6)20(19)29-22/h7-10,13H,11-12H2,1-6H3. The number of carbonyl (C=O) groups is 1. The molecule has 0 bridgehead atoms. The maximum absolute atomic E-state index is 13.5. The van der Waals surface area contributed by atoms with Gasteiger partial charge in [0.05, 0.1) is 14.2 Å². The molecule has 0 aliphatic carbocycles. The van der Waals surface area contributed by atoms with Gasteiger partial charge in [-0.3, -0.25) is 9.69 Å². The lowest BCUT2D eigenvalue weighted by Crippen LogP contribution is -2.37. The Bertz CT molecular complexity index is 989. The van der Waals surface area contributed by atoms with Crippen LogP contribution in [0.25, 0.3) is 10.2 Å². The van der Waals surface area contributed by atoms with Crippen molar-refractivity contribution < 1.29 is 14.3 Å². The summed E-state index contributed by atoms with van der Waals surface area (Å²) in [4.78, 5) is 22.1. The molecule has 3 rings (SSSR count). The van der Waals surface area contributed by atoms with Gasteiger partial charge >= 0.3 is 0 Å². The summed E-state index contributed by atoms with van der Waals surface area (Å²) in [5.41, 5.74) is 3.41. The molecule has 0 spiro atoms. The fourth-order valence-corrected chi connectivity index (χ4v) is 4.18. The summed E-state index contributed by atoms with van der Waals surface area (Å²) in [6.07, 6.45) is 0. The van der Waals surface area contributed by atoms with Crippen molar-refractivity contribution in [1.82, 2.24) is 9.88 Å². The van der Waals surface area contributed by atoms with E-state index in [0.29, 0.717) is 28.5 Å². The highest BCUT2D eigenvalue weighted by Crippen LogP contribution is 2.40. The quantitative estimate of drug-likeness (QED) is 0.583. The molecule has 0 saturated heterocycles. The Morgan fingerprint density at radius 1 is 1.03 bits per heavy atom. The minimum Gasteiger partial charge on any atom is -0.495 e. The Labute approximate surface area is 175 Å². The second-order valence-electron chi connectivity index (χ2n) is 7.22. The van der Waals surface area contributed by atoms with Crippen molar-refractivity contribution in [3.05, 3.63) is 47.0 Å². The van der Waals surface area contributed by atoms with E-state index in [1.807, 2.05) is 58.3 Å². The summed E-state index contributed by atoms with van der Waals surface area (Å²) < 4.78 is 11.8. The zero-order valence-corrected chi connectivity index (χ0v) is 18.6. The van der Waals surface area contributed by atoms with Crippen LogP contribution >= 0.6 is 11.3 Å². The Hall–Kier alpha value is -2.64. The van der Waals surface area contributed by atoms with Crippen LogP contribution in [0.15, 0.2) is 30.3 Å². The second-order valence-corrected chi connectivity index (χ2v) is 8.20. The van der Waals surface area contributed by atoms with E-state index in [1.54, 1.807) is 19.1 Å². The summed E-state index contributed by atoms with van der Waals surface area (Å²) in [6.45, 7) is 5.21. The van der Waals surface area contributed by atoms with Gasteiger partial charge < -0.3 is 14.4 Å². The SMILES string of the molecule is COc1ccc(OC)c2sc(N(CCN(C)C)C(=O)c3cc(C)ccc3C)nc12. The number of aromatic nitrogens is 1. The molecular weight excluding hydrogens is 386 g/mol. The van der Waals surface area contributed by atoms with Gasteiger partial charge in [0.15, 0.2) is 5.13 Å². The van der Waals surface area contributed by atoms with Gasteiger partial charge in [0.25, 0.3) is 5.91 Å². The van der Waals surface area contributed by atoms with Crippen molar-refractivity contribution in [2.75, 3.05) is 46.3 Å². The molecule has 0 aliphatic heterocycles. The normalized spacial score (nSPS) is 11.1. The molecule has 3 aromatic rings. The van der Waals surface area contributed by atoms with Gasteiger partial charge in [-0.2, -0.15) is 0 Å². The summed E-state index contributed by atoms with van der Waals surface area (Å²) >= 11 is 1.44. The van der Waals surface area contributed by atoms with E-state index in [2.05, 4.69) is 4.90 Å². The van der Waals surface area contributed by atoms with Gasteiger partial charge in [-0.05, 0) is 51.7 Å². The fraction of sp³-hybridized carbons (Fsp3) is 0.364. The molecule has 1 heterocycles. The molecule has 0 saturated carbocycles. The highest BCUT2D eigenvalue weighted by molar-refractivity contribution is 7.22. The fourth-order valence-electron chi connectivity index (χ4n) is 3.09. The van der Waals surface area contributed by atoms with E-state index in [9.17, 15) is 4.79 Å². The van der Waals surface area contributed by atoms with Crippen molar-refractivity contribution in [3.8, 4) is 11.5 Å². The molecule has 29 heavy (non-hydrogen) atoms. The predicted molar refractivity (Wildman–Crippen MR) is 119 cm³/mol. The van der Waals surface area contributed by atoms with Crippen molar-refractivity contribution in [3.63, 3.8) is 0 Å². The van der Waals surface area contributed by atoms with Gasteiger partial charge in [-0.15, -0.1) is 0 Å². The number of fused-ring (bicyclic) bond motifs is 1. The minimum absolute atomic E-state index is 0.0509. The second kappa shape index (κ2) is 8.80. The van der Waals surface area contributed by atoms with Gasteiger partial charge in [0.2, 0.25) is 0 Å². The van der Waals surface area contributed by atoms with Crippen molar-refractivity contribution in [1.29, 1.82) is 0 Å². The zero-order valence-electron chi connectivity index (χ0n) is 17.8. The Morgan fingerprint density at radius 3 is 2.38 bits per heavy atom. The average molecular weight is 414 g/mol. The lowest BCUT2D eigenvalue weighted by Gasteiger charge is -2.23. The van der Waals surface area contributed by atoms with E-state index in [-0.39, 0.29) is 5.91 Å². The molecule has 0 aliphatic rings. The molecule has 7 heteroatoms. The maximum Gasteiger partial charge on any atom is 0.260 e. The maximum atomic E-state index is 13.5. The van der Waals surface area contributed by atoms with Crippen LogP contribution in [0, 0.1) is 13.8 Å². The summed E-state index contributed by atoms with van der Waals surface area (Å²) in [6, 6.07) is 9.64. The van der Waals surface area contributed by atoms with Crippen LogP contribution in [0.1, 0.15) is 21.5 Å². The topological polar surface area (TPSA) is 54.9 Å². The van der Waals surface area contributed by atoms with E-state index in [1.165, 1.54) is 11.3 Å². The lowest BCUT2D eigenvalue weighted by atomic mass is 10.0. The van der Waals surface area contributed by atoms with Gasteiger partial charge in [-0.1, -0.05) is 29.0 Å². The number of thiazole rings is 1. The van der Waals surface area contributed by atoms with Crippen molar-refractivity contribution in [2.45, 2.75) is 13.8 Å². The van der Waals surface area contributed by atoms with Crippen molar-refractivity contribution in [2.24, 2.45) is 0 Å². The molecule has 0 N–H and O–H groups in total. The van der Waals surface area contributed by atoms with Crippen LogP contribution in [0.5, 0.6) is 11.5 Å². The molecule has 0 radical (unpaired) electrons. The van der Waals surface area contributed by atoms with Crippen LogP contribution in [0.4, 0.5) is 5.13 Å². The largest absolute Gasteiger partial charge is 0.495 e. The van der Waals surface area contributed by atoms with E-state index >= 15 is 0 Å². The first-order valence-corrected chi connectivity index (χ1v) is 10.2. The molecular formula is C22H27N3O3S. The first-order chi connectivity index (χ1) is 13.8. The molecule has 0 fully saturated rings. The number of ether oxygens (including phenoxy) is 2. The Morgan fingerprint density at radius 2 is 1.72 bits per heavy atom. The van der Waals surface area contributed by atoms with Crippen LogP contribution < -0.4 is 14.4 Å². The molecule has 154 valence electrons. The van der Waals surface area contributed by atoms with E-state index < -0.39 is 0 Å². The summed E-state index contributed by atoms with van der Waals surface area (Å²) in [7, 11) is 7.23. The number of hydrogen-bond donors (Lipinski definition) is 0. The van der Waals surface area contributed by atoms with Gasteiger partial charge in [0, 0.05) is 18.7 Å². The highest BCUT2D eigenvalue weighted by Gasteiger charge is 2.24.